The molecule has 0 aliphatic carbocycles. The first kappa shape index (κ1) is 15.8. The molecule has 1 rings (SSSR count). The van der Waals surface area contributed by atoms with Crippen LogP contribution in [-0.4, -0.2) is 26.7 Å². The number of carbonyl (C=O) groups is 1. The number of hydrogen-bond acceptors (Lipinski definition) is 5. The molecule has 0 heterocycles. The second-order valence-corrected chi connectivity index (χ2v) is 5.55. The number of esters is 1. The Morgan fingerprint density at radius 3 is 2.65 bits per heavy atom. The van der Waals surface area contributed by atoms with Crippen LogP contribution in [0.5, 0.6) is 0 Å². The number of carbonyl (C=O) groups excluding carboxylic acids is 1. The lowest BCUT2D eigenvalue weighted by Crippen LogP contribution is -2.18. The molecule has 2 N–H and O–H groups in total. The maximum atomic E-state index is 12.1. The van der Waals surface area contributed by atoms with Crippen molar-refractivity contribution in [1.82, 2.24) is 0 Å². The standard InChI is InChI=1S/C15H21N3O2/c1-15(2,10-16)7-8-20-14(19)12-9-11(17)5-6-13(12)18(3)4/h5-6,9H,7-8,17H2,1-4H3. The van der Waals surface area contributed by atoms with Gasteiger partial charge in [0.05, 0.1) is 29.3 Å². The van der Waals surface area contributed by atoms with Crippen LogP contribution in [0.15, 0.2) is 18.2 Å². The Hall–Kier alpha value is -2.22. The van der Waals surface area contributed by atoms with E-state index in [9.17, 15) is 4.79 Å². The number of nitrogen functional groups attached to an aromatic ring is 1. The third-order valence-corrected chi connectivity index (χ3v) is 2.99. The van der Waals surface area contributed by atoms with Gasteiger partial charge in [0.1, 0.15) is 0 Å². The third-order valence-electron chi connectivity index (χ3n) is 2.99. The molecule has 0 saturated heterocycles. The van der Waals surface area contributed by atoms with E-state index >= 15 is 0 Å². The largest absolute Gasteiger partial charge is 0.462 e. The zero-order valence-corrected chi connectivity index (χ0v) is 12.4. The van der Waals surface area contributed by atoms with Crippen molar-refractivity contribution in [3.8, 4) is 6.07 Å². The van der Waals surface area contributed by atoms with E-state index in [1.165, 1.54) is 0 Å². The van der Waals surface area contributed by atoms with Gasteiger partial charge in [0, 0.05) is 19.8 Å². The number of hydrogen-bond donors (Lipinski definition) is 1. The topological polar surface area (TPSA) is 79.3 Å². The van der Waals surface area contributed by atoms with Crippen molar-refractivity contribution in [1.29, 1.82) is 5.26 Å². The molecule has 0 amide bonds. The summed E-state index contributed by atoms with van der Waals surface area (Å²) in [5.41, 5.74) is 6.92. The van der Waals surface area contributed by atoms with E-state index in [2.05, 4.69) is 6.07 Å². The Morgan fingerprint density at radius 1 is 1.45 bits per heavy atom. The van der Waals surface area contributed by atoms with Gasteiger partial charge < -0.3 is 15.4 Å². The Morgan fingerprint density at radius 2 is 2.10 bits per heavy atom. The Kier molecular flexibility index (Phi) is 4.98. The summed E-state index contributed by atoms with van der Waals surface area (Å²) in [5.74, 6) is -0.422. The number of nitrogens with two attached hydrogens (primary N) is 1. The molecule has 1 aromatic rings. The number of benzene rings is 1. The van der Waals surface area contributed by atoms with Crippen LogP contribution in [0.1, 0.15) is 30.6 Å². The van der Waals surface area contributed by atoms with Gasteiger partial charge in [-0.3, -0.25) is 0 Å². The van der Waals surface area contributed by atoms with E-state index in [1.54, 1.807) is 18.2 Å². The van der Waals surface area contributed by atoms with Gasteiger partial charge in [-0.2, -0.15) is 5.26 Å². The van der Waals surface area contributed by atoms with Crippen LogP contribution in [0.2, 0.25) is 0 Å². The van der Waals surface area contributed by atoms with Gasteiger partial charge in [0.25, 0.3) is 0 Å². The third kappa shape index (κ3) is 4.16. The molecule has 0 aliphatic heterocycles. The molecule has 0 bridgehead atoms. The van der Waals surface area contributed by atoms with Crippen molar-refractivity contribution in [3.63, 3.8) is 0 Å². The zero-order chi connectivity index (χ0) is 15.3. The van der Waals surface area contributed by atoms with Gasteiger partial charge >= 0.3 is 5.97 Å². The number of nitrogens with zero attached hydrogens (tertiary/aromatic N) is 2. The average molecular weight is 275 g/mol. The molecule has 0 saturated carbocycles. The van der Waals surface area contributed by atoms with Crippen molar-refractivity contribution >= 4 is 17.3 Å². The van der Waals surface area contributed by atoms with Crippen molar-refractivity contribution in [2.24, 2.45) is 5.41 Å². The predicted molar refractivity (Wildman–Crippen MR) is 79.5 cm³/mol. The highest BCUT2D eigenvalue weighted by Crippen LogP contribution is 2.23. The highest BCUT2D eigenvalue weighted by atomic mass is 16.5. The fourth-order valence-corrected chi connectivity index (χ4v) is 1.64. The predicted octanol–water partition coefficient (Wildman–Crippen LogP) is 2.43. The van der Waals surface area contributed by atoms with Crippen LogP contribution in [0.3, 0.4) is 0 Å². The molecule has 20 heavy (non-hydrogen) atoms. The van der Waals surface area contributed by atoms with E-state index in [4.69, 9.17) is 15.7 Å². The van der Waals surface area contributed by atoms with Crippen LogP contribution in [0, 0.1) is 16.7 Å². The first-order chi connectivity index (χ1) is 9.26. The Labute approximate surface area is 119 Å². The molecule has 108 valence electrons. The monoisotopic (exact) mass is 275 g/mol. The summed E-state index contributed by atoms with van der Waals surface area (Å²) in [6.07, 6.45) is 0.495. The summed E-state index contributed by atoms with van der Waals surface area (Å²) < 4.78 is 5.24. The molecular formula is C15H21N3O2. The normalized spacial score (nSPS) is 10.8. The lowest BCUT2D eigenvalue weighted by Gasteiger charge is -2.18. The van der Waals surface area contributed by atoms with E-state index in [0.29, 0.717) is 17.7 Å². The number of rotatable bonds is 5. The summed E-state index contributed by atoms with van der Waals surface area (Å²) in [7, 11) is 3.70. The summed E-state index contributed by atoms with van der Waals surface area (Å²) in [6.45, 7) is 3.83. The Bertz CT molecular complexity index is 530. The fourth-order valence-electron chi connectivity index (χ4n) is 1.64. The molecule has 0 unspecified atom stereocenters. The number of anilines is 2. The summed E-state index contributed by atoms with van der Waals surface area (Å²) in [4.78, 5) is 13.9. The van der Waals surface area contributed by atoms with Crippen LogP contribution in [0.4, 0.5) is 11.4 Å². The van der Waals surface area contributed by atoms with Crippen molar-refractivity contribution in [3.05, 3.63) is 23.8 Å². The highest BCUT2D eigenvalue weighted by molar-refractivity contribution is 5.96. The SMILES string of the molecule is CN(C)c1ccc(N)cc1C(=O)OCCC(C)(C)C#N. The minimum atomic E-state index is -0.500. The van der Waals surface area contributed by atoms with Crippen LogP contribution >= 0.6 is 0 Å². The summed E-state index contributed by atoms with van der Waals surface area (Å²) >= 11 is 0. The van der Waals surface area contributed by atoms with Gasteiger partial charge in [-0.05, 0) is 38.5 Å². The second-order valence-electron chi connectivity index (χ2n) is 5.55. The Balaban J connectivity index is 2.78. The smallest absolute Gasteiger partial charge is 0.340 e. The van der Waals surface area contributed by atoms with E-state index < -0.39 is 11.4 Å². The number of ether oxygens (including phenoxy) is 1. The van der Waals surface area contributed by atoms with Crippen molar-refractivity contribution < 1.29 is 9.53 Å². The molecular weight excluding hydrogens is 254 g/mol. The van der Waals surface area contributed by atoms with Gasteiger partial charge in [-0.25, -0.2) is 4.79 Å². The molecule has 0 aromatic heterocycles. The molecule has 0 atom stereocenters. The van der Waals surface area contributed by atoms with Gasteiger partial charge in [-0.1, -0.05) is 0 Å². The van der Waals surface area contributed by atoms with Crippen LogP contribution in [0.25, 0.3) is 0 Å². The fraction of sp³-hybridized carbons (Fsp3) is 0.467. The van der Waals surface area contributed by atoms with E-state index in [-0.39, 0.29) is 6.61 Å². The molecule has 0 radical (unpaired) electrons. The minimum absolute atomic E-state index is 0.209. The van der Waals surface area contributed by atoms with Crippen LogP contribution < -0.4 is 10.6 Å². The first-order valence-corrected chi connectivity index (χ1v) is 6.42. The maximum absolute atomic E-state index is 12.1. The quantitative estimate of drug-likeness (QED) is 0.659. The molecule has 5 nitrogen and oxygen atoms in total. The minimum Gasteiger partial charge on any atom is -0.462 e. The zero-order valence-electron chi connectivity index (χ0n) is 12.4. The lowest BCUT2D eigenvalue weighted by atomic mass is 9.92. The average Bonchev–Trinajstić information content (AvgIpc) is 2.37. The molecule has 0 spiro atoms. The lowest BCUT2D eigenvalue weighted by molar-refractivity contribution is 0.0476. The van der Waals surface area contributed by atoms with Gasteiger partial charge in [0.2, 0.25) is 0 Å². The maximum Gasteiger partial charge on any atom is 0.340 e. The molecule has 5 heteroatoms. The molecule has 0 fully saturated rings. The van der Waals surface area contributed by atoms with E-state index in [1.807, 2.05) is 32.8 Å². The van der Waals surface area contributed by atoms with Gasteiger partial charge in [-0.15, -0.1) is 0 Å². The summed E-state index contributed by atoms with van der Waals surface area (Å²) in [5, 5.41) is 8.92. The second kappa shape index (κ2) is 6.29. The molecule has 1 aromatic carbocycles. The number of nitriles is 1. The first-order valence-electron chi connectivity index (χ1n) is 6.42. The van der Waals surface area contributed by atoms with Crippen molar-refractivity contribution in [2.75, 3.05) is 31.3 Å². The van der Waals surface area contributed by atoms with E-state index in [0.717, 1.165) is 5.69 Å². The van der Waals surface area contributed by atoms with Crippen LogP contribution in [-0.2, 0) is 4.74 Å². The highest BCUT2D eigenvalue weighted by Gasteiger charge is 2.19. The molecule has 0 aliphatic rings. The van der Waals surface area contributed by atoms with Crippen molar-refractivity contribution in [2.45, 2.75) is 20.3 Å². The van der Waals surface area contributed by atoms with Gasteiger partial charge in [0.15, 0.2) is 0 Å². The summed E-state index contributed by atoms with van der Waals surface area (Å²) in [6, 6.07) is 7.30.